The highest BCUT2D eigenvalue weighted by atomic mass is 16.1. The van der Waals surface area contributed by atoms with Gasteiger partial charge in [0.1, 0.15) is 0 Å². The minimum Gasteiger partial charge on any atom is -0.300 e. The molecule has 1 fully saturated rings. The number of carbonyl (C=O) groups is 1. The van der Waals surface area contributed by atoms with Crippen molar-refractivity contribution >= 4 is 11.9 Å². The molecule has 3 rings (SSSR count). The number of hydrogen-bond donors (Lipinski definition) is 1. The van der Waals surface area contributed by atoms with Gasteiger partial charge in [-0.05, 0) is 56.7 Å². The Kier molecular flexibility index (Phi) is 4.19. The van der Waals surface area contributed by atoms with Crippen LogP contribution in [0, 0.1) is 5.92 Å². The number of nitrogens with zero attached hydrogens (tertiary/aromatic N) is 3. The topological polar surface area (TPSA) is 58.1 Å². The third kappa shape index (κ3) is 3.07. The van der Waals surface area contributed by atoms with Crippen LogP contribution < -0.4 is 5.32 Å². The molecule has 1 N–H and O–H groups in total. The molecule has 1 aliphatic carbocycles. The first-order valence-corrected chi connectivity index (χ1v) is 8.03. The number of carbonyl (C=O) groups excluding carboxylic acids is 1. The van der Waals surface area contributed by atoms with E-state index in [1.54, 1.807) is 0 Å². The largest absolute Gasteiger partial charge is 0.300 e. The van der Waals surface area contributed by atoms with Crippen molar-refractivity contribution in [3.63, 3.8) is 0 Å². The van der Waals surface area contributed by atoms with Gasteiger partial charge in [-0.15, -0.1) is 0 Å². The van der Waals surface area contributed by atoms with Crippen molar-refractivity contribution in [3.05, 3.63) is 17.5 Å². The Morgan fingerprint density at radius 3 is 3.10 bits per heavy atom. The molecule has 1 aromatic rings. The predicted octanol–water partition coefficient (Wildman–Crippen LogP) is 2.02. The number of hydrogen-bond acceptors (Lipinski definition) is 4. The molecule has 0 saturated carbocycles. The summed E-state index contributed by atoms with van der Waals surface area (Å²) in [6.07, 6.45) is 7.79. The lowest BCUT2D eigenvalue weighted by molar-refractivity contribution is -0.114. The van der Waals surface area contributed by atoms with Crippen LogP contribution in [0.25, 0.3) is 0 Å². The minimum atomic E-state index is -0.115. The van der Waals surface area contributed by atoms with Gasteiger partial charge in [-0.2, -0.15) is 0 Å². The van der Waals surface area contributed by atoms with Crippen molar-refractivity contribution in [1.82, 2.24) is 14.9 Å². The Morgan fingerprint density at radius 1 is 1.48 bits per heavy atom. The Labute approximate surface area is 126 Å². The van der Waals surface area contributed by atoms with Crippen LogP contribution in [0.3, 0.4) is 0 Å². The molecule has 5 nitrogen and oxygen atoms in total. The molecule has 1 aliphatic heterocycles. The molecular weight excluding hydrogens is 264 g/mol. The molecule has 114 valence electrons. The van der Waals surface area contributed by atoms with E-state index < -0.39 is 0 Å². The zero-order valence-corrected chi connectivity index (χ0v) is 12.9. The Balaban J connectivity index is 1.81. The number of rotatable bonds is 3. The summed E-state index contributed by atoms with van der Waals surface area (Å²) in [5, 5.41) is 2.68. The molecular formula is C16H24N4O. The van der Waals surface area contributed by atoms with Crippen molar-refractivity contribution in [2.24, 2.45) is 5.92 Å². The molecule has 0 unspecified atom stereocenters. The number of piperidine rings is 1. The Bertz CT molecular complexity index is 529. The van der Waals surface area contributed by atoms with Gasteiger partial charge in [-0.1, -0.05) is 6.92 Å². The van der Waals surface area contributed by atoms with E-state index in [2.05, 4.69) is 27.1 Å². The molecule has 1 aromatic heterocycles. The first-order chi connectivity index (χ1) is 10.2. The van der Waals surface area contributed by atoms with E-state index in [-0.39, 0.29) is 5.91 Å². The summed E-state index contributed by atoms with van der Waals surface area (Å²) >= 11 is 0. The van der Waals surface area contributed by atoms with Gasteiger partial charge in [-0.3, -0.25) is 15.0 Å². The van der Waals surface area contributed by atoms with Gasteiger partial charge >= 0.3 is 0 Å². The highest BCUT2D eigenvalue weighted by Gasteiger charge is 2.35. The Morgan fingerprint density at radius 2 is 2.33 bits per heavy atom. The van der Waals surface area contributed by atoms with Gasteiger partial charge in [0, 0.05) is 24.9 Å². The van der Waals surface area contributed by atoms with E-state index in [1.165, 1.54) is 44.8 Å². The van der Waals surface area contributed by atoms with Gasteiger partial charge in [0.05, 0.1) is 0 Å². The monoisotopic (exact) mass is 288 g/mol. The third-order valence-corrected chi connectivity index (χ3v) is 4.67. The minimum absolute atomic E-state index is 0.115. The van der Waals surface area contributed by atoms with Crippen molar-refractivity contribution in [2.75, 3.05) is 18.4 Å². The van der Waals surface area contributed by atoms with E-state index in [1.807, 2.05) is 6.20 Å². The van der Waals surface area contributed by atoms with E-state index in [0.29, 0.717) is 17.9 Å². The summed E-state index contributed by atoms with van der Waals surface area (Å²) in [4.78, 5) is 22.6. The van der Waals surface area contributed by atoms with Crippen LogP contribution in [0.1, 0.15) is 44.4 Å². The first-order valence-electron chi connectivity index (χ1n) is 8.03. The standard InChI is InChI=1S/C16H24N4O/c1-3-6-20-7-4-5-12-8-14-13(9-15(12)20)10-17-16(19-14)18-11(2)21/h10,12,15H,3-9H2,1-2H3,(H,17,18,19,21)/t12-,15-/m1/s1. The van der Waals surface area contributed by atoms with Crippen molar-refractivity contribution < 1.29 is 4.79 Å². The number of aromatic nitrogens is 2. The van der Waals surface area contributed by atoms with Crippen molar-refractivity contribution in [1.29, 1.82) is 0 Å². The highest BCUT2D eigenvalue weighted by molar-refractivity contribution is 5.86. The summed E-state index contributed by atoms with van der Waals surface area (Å²) in [7, 11) is 0. The summed E-state index contributed by atoms with van der Waals surface area (Å²) in [6, 6.07) is 0.654. The zero-order chi connectivity index (χ0) is 14.8. The second kappa shape index (κ2) is 6.10. The number of anilines is 1. The SMILES string of the molecule is CCCN1CCC[C@@H]2Cc3nc(NC(C)=O)ncc3C[C@H]21. The maximum Gasteiger partial charge on any atom is 0.229 e. The summed E-state index contributed by atoms with van der Waals surface area (Å²) in [5.41, 5.74) is 2.39. The molecule has 21 heavy (non-hydrogen) atoms. The van der Waals surface area contributed by atoms with Gasteiger partial charge in [0.25, 0.3) is 0 Å². The zero-order valence-electron chi connectivity index (χ0n) is 12.9. The van der Waals surface area contributed by atoms with E-state index in [9.17, 15) is 4.79 Å². The van der Waals surface area contributed by atoms with Crippen LogP contribution in [0.4, 0.5) is 5.95 Å². The predicted molar refractivity (Wildman–Crippen MR) is 82.1 cm³/mol. The third-order valence-electron chi connectivity index (χ3n) is 4.67. The number of fused-ring (bicyclic) bond motifs is 2. The van der Waals surface area contributed by atoms with Gasteiger partial charge in [0.15, 0.2) is 0 Å². The van der Waals surface area contributed by atoms with E-state index in [4.69, 9.17) is 0 Å². The second-order valence-corrected chi connectivity index (χ2v) is 6.26. The van der Waals surface area contributed by atoms with E-state index >= 15 is 0 Å². The lowest BCUT2D eigenvalue weighted by Crippen LogP contribution is -2.49. The number of likely N-dealkylation sites (tertiary alicyclic amines) is 1. The molecule has 1 amide bonds. The molecule has 0 radical (unpaired) electrons. The lowest BCUT2D eigenvalue weighted by Gasteiger charge is -2.44. The summed E-state index contributed by atoms with van der Waals surface area (Å²) < 4.78 is 0. The van der Waals surface area contributed by atoms with Crippen LogP contribution in [0.2, 0.25) is 0 Å². The molecule has 5 heteroatoms. The molecule has 0 spiro atoms. The fourth-order valence-corrected chi connectivity index (χ4v) is 3.79. The van der Waals surface area contributed by atoms with Gasteiger partial charge < -0.3 is 0 Å². The maximum absolute atomic E-state index is 11.1. The van der Waals surface area contributed by atoms with Crippen LogP contribution in [0.5, 0.6) is 0 Å². The lowest BCUT2D eigenvalue weighted by atomic mass is 9.77. The number of amides is 1. The van der Waals surface area contributed by atoms with Crippen molar-refractivity contribution in [2.45, 2.75) is 52.0 Å². The second-order valence-electron chi connectivity index (χ2n) is 6.26. The van der Waals surface area contributed by atoms with E-state index in [0.717, 1.165) is 18.5 Å². The average molecular weight is 288 g/mol. The molecule has 2 aliphatic rings. The average Bonchev–Trinajstić information content (AvgIpc) is 2.45. The molecule has 0 bridgehead atoms. The quantitative estimate of drug-likeness (QED) is 0.924. The fourth-order valence-electron chi connectivity index (χ4n) is 3.79. The van der Waals surface area contributed by atoms with Crippen molar-refractivity contribution in [3.8, 4) is 0 Å². The Hall–Kier alpha value is -1.49. The van der Waals surface area contributed by atoms with Crippen LogP contribution in [0.15, 0.2) is 6.20 Å². The van der Waals surface area contributed by atoms with Gasteiger partial charge in [0.2, 0.25) is 11.9 Å². The molecule has 0 aromatic carbocycles. The van der Waals surface area contributed by atoms with Gasteiger partial charge in [-0.25, -0.2) is 9.97 Å². The number of nitrogens with one attached hydrogen (secondary N) is 1. The fraction of sp³-hybridized carbons (Fsp3) is 0.688. The normalized spacial score (nSPS) is 25.0. The molecule has 2 atom stereocenters. The van der Waals surface area contributed by atoms with Crippen LogP contribution in [-0.4, -0.2) is 39.9 Å². The smallest absolute Gasteiger partial charge is 0.229 e. The van der Waals surface area contributed by atoms with Crippen LogP contribution >= 0.6 is 0 Å². The van der Waals surface area contributed by atoms with Crippen LogP contribution in [-0.2, 0) is 17.6 Å². The summed E-state index contributed by atoms with van der Waals surface area (Å²) in [6.45, 7) is 6.17. The highest BCUT2D eigenvalue weighted by Crippen LogP contribution is 2.34. The maximum atomic E-state index is 11.1. The molecule has 2 heterocycles. The summed E-state index contributed by atoms with van der Waals surface area (Å²) in [5.74, 6) is 1.04. The first kappa shape index (κ1) is 14.4. The molecule has 1 saturated heterocycles.